The fourth-order valence-corrected chi connectivity index (χ4v) is 2.40. The van der Waals surface area contributed by atoms with E-state index >= 15 is 0 Å². The molecule has 0 aromatic heterocycles. The zero-order chi connectivity index (χ0) is 14.0. The number of nitrogens with one attached hydrogen (secondary N) is 3. The Hall–Kier alpha value is -2.12. The van der Waals surface area contributed by atoms with Gasteiger partial charge in [-0.3, -0.25) is 19.7 Å². The molecule has 19 heavy (non-hydrogen) atoms. The van der Waals surface area contributed by atoms with Crippen LogP contribution in [-0.2, 0) is 14.4 Å². The van der Waals surface area contributed by atoms with Crippen LogP contribution in [0, 0.1) is 0 Å². The molecule has 1 atom stereocenters. The molecule has 2 heterocycles. The molecule has 0 aromatic carbocycles. The Morgan fingerprint density at radius 1 is 1.42 bits per heavy atom. The summed E-state index contributed by atoms with van der Waals surface area (Å²) >= 11 is 0. The number of hydrogen-bond donors (Lipinski definition) is 3. The molecule has 0 aliphatic carbocycles. The Kier molecular flexibility index (Phi) is 3.41. The Morgan fingerprint density at radius 3 is 2.74 bits per heavy atom. The van der Waals surface area contributed by atoms with Crippen LogP contribution in [0.1, 0.15) is 19.8 Å². The van der Waals surface area contributed by atoms with Gasteiger partial charge in [0.25, 0.3) is 5.91 Å². The third kappa shape index (κ3) is 2.67. The summed E-state index contributed by atoms with van der Waals surface area (Å²) in [5.74, 6) is -0.940. The van der Waals surface area contributed by atoms with Crippen LogP contribution >= 0.6 is 0 Å². The van der Waals surface area contributed by atoms with E-state index in [2.05, 4.69) is 16.0 Å². The predicted octanol–water partition coefficient (Wildman–Crippen LogP) is -1.68. The molecular weight excluding hydrogens is 252 g/mol. The largest absolute Gasteiger partial charge is 0.347 e. The average Bonchev–Trinajstić information content (AvgIpc) is 2.61. The van der Waals surface area contributed by atoms with E-state index in [1.165, 1.54) is 11.8 Å². The highest BCUT2D eigenvalue weighted by molar-refractivity contribution is 6.07. The van der Waals surface area contributed by atoms with Crippen molar-refractivity contribution in [3.05, 3.63) is 0 Å². The number of piperidine rings is 1. The normalized spacial score (nSPS) is 26.1. The van der Waals surface area contributed by atoms with Gasteiger partial charge in [0, 0.05) is 13.5 Å². The van der Waals surface area contributed by atoms with Crippen molar-refractivity contribution in [3.8, 4) is 0 Å². The van der Waals surface area contributed by atoms with Crippen LogP contribution in [0.15, 0.2) is 0 Å². The molecule has 0 radical (unpaired) electrons. The average molecular weight is 268 g/mol. The summed E-state index contributed by atoms with van der Waals surface area (Å²) in [6.45, 7) is 1.89. The smallest absolute Gasteiger partial charge is 0.322 e. The molecule has 0 bridgehead atoms. The van der Waals surface area contributed by atoms with E-state index in [0.29, 0.717) is 19.4 Å². The SMILES string of the molecule is CC(=O)NCC(=O)N1CCCC2(C1)NC(=O)NC2=O. The Morgan fingerprint density at radius 2 is 2.16 bits per heavy atom. The van der Waals surface area contributed by atoms with Crippen molar-refractivity contribution in [1.82, 2.24) is 20.9 Å². The summed E-state index contributed by atoms with van der Waals surface area (Å²) in [4.78, 5) is 47.2. The third-order valence-corrected chi connectivity index (χ3v) is 3.35. The summed E-state index contributed by atoms with van der Waals surface area (Å²) in [7, 11) is 0. The highest BCUT2D eigenvalue weighted by Gasteiger charge is 2.49. The van der Waals surface area contributed by atoms with Crippen molar-refractivity contribution < 1.29 is 19.2 Å². The van der Waals surface area contributed by atoms with Crippen molar-refractivity contribution in [2.24, 2.45) is 0 Å². The molecule has 8 heteroatoms. The van der Waals surface area contributed by atoms with E-state index in [4.69, 9.17) is 0 Å². The van der Waals surface area contributed by atoms with E-state index in [0.717, 1.165) is 0 Å². The van der Waals surface area contributed by atoms with Gasteiger partial charge >= 0.3 is 6.03 Å². The number of carbonyl (C=O) groups excluding carboxylic acids is 4. The zero-order valence-corrected chi connectivity index (χ0v) is 10.6. The van der Waals surface area contributed by atoms with Gasteiger partial charge in [-0.25, -0.2) is 4.79 Å². The first kappa shape index (κ1) is 13.3. The molecule has 3 N–H and O–H groups in total. The van der Waals surface area contributed by atoms with Crippen LogP contribution in [0.3, 0.4) is 0 Å². The molecule has 5 amide bonds. The molecule has 0 saturated carbocycles. The third-order valence-electron chi connectivity index (χ3n) is 3.35. The monoisotopic (exact) mass is 268 g/mol. The number of hydrogen-bond acceptors (Lipinski definition) is 4. The maximum Gasteiger partial charge on any atom is 0.322 e. The first-order chi connectivity index (χ1) is 8.93. The van der Waals surface area contributed by atoms with Crippen molar-refractivity contribution in [3.63, 3.8) is 0 Å². The first-order valence-electron chi connectivity index (χ1n) is 6.09. The lowest BCUT2D eigenvalue weighted by molar-refractivity contribution is -0.136. The predicted molar refractivity (Wildman–Crippen MR) is 63.9 cm³/mol. The number of amides is 5. The van der Waals surface area contributed by atoms with Crippen LogP contribution in [0.4, 0.5) is 4.79 Å². The lowest BCUT2D eigenvalue weighted by Gasteiger charge is -2.38. The molecule has 104 valence electrons. The topological polar surface area (TPSA) is 108 Å². The van der Waals surface area contributed by atoms with Gasteiger partial charge in [-0.1, -0.05) is 0 Å². The first-order valence-corrected chi connectivity index (χ1v) is 6.09. The van der Waals surface area contributed by atoms with Gasteiger partial charge in [-0.05, 0) is 12.8 Å². The van der Waals surface area contributed by atoms with Gasteiger partial charge in [0.1, 0.15) is 5.54 Å². The second-order valence-corrected chi connectivity index (χ2v) is 4.82. The quantitative estimate of drug-likeness (QED) is 0.520. The lowest BCUT2D eigenvalue weighted by atomic mass is 9.89. The highest BCUT2D eigenvalue weighted by atomic mass is 16.2. The van der Waals surface area contributed by atoms with Gasteiger partial charge in [-0.2, -0.15) is 0 Å². The minimum Gasteiger partial charge on any atom is -0.347 e. The summed E-state index contributed by atoms with van der Waals surface area (Å²) in [5, 5.41) is 7.20. The van der Waals surface area contributed by atoms with Crippen LogP contribution in [0.5, 0.6) is 0 Å². The number of carbonyl (C=O) groups is 4. The van der Waals surface area contributed by atoms with Gasteiger partial charge in [0.05, 0.1) is 13.1 Å². The van der Waals surface area contributed by atoms with Crippen LogP contribution in [0.2, 0.25) is 0 Å². The van der Waals surface area contributed by atoms with Crippen molar-refractivity contribution in [2.75, 3.05) is 19.6 Å². The van der Waals surface area contributed by atoms with Gasteiger partial charge in [0.15, 0.2) is 0 Å². The van der Waals surface area contributed by atoms with E-state index < -0.39 is 17.5 Å². The van der Waals surface area contributed by atoms with Crippen molar-refractivity contribution in [2.45, 2.75) is 25.3 Å². The van der Waals surface area contributed by atoms with E-state index in [-0.39, 0.29) is 24.9 Å². The minimum absolute atomic E-state index is 0.0963. The zero-order valence-electron chi connectivity index (χ0n) is 10.6. The van der Waals surface area contributed by atoms with E-state index in [1.54, 1.807) is 0 Å². The number of likely N-dealkylation sites (tertiary alicyclic amines) is 1. The molecule has 1 spiro atoms. The van der Waals surface area contributed by atoms with E-state index in [9.17, 15) is 19.2 Å². The number of urea groups is 1. The molecular formula is C11H16N4O4. The Labute approximate surface area is 109 Å². The van der Waals surface area contributed by atoms with Crippen molar-refractivity contribution >= 4 is 23.8 Å². The van der Waals surface area contributed by atoms with Crippen LogP contribution in [0.25, 0.3) is 0 Å². The molecule has 2 aliphatic rings. The summed E-state index contributed by atoms with van der Waals surface area (Å²) in [6.07, 6.45) is 1.13. The second kappa shape index (κ2) is 4.87. The standard InChI is InChI=1S/C11H16N4O4/c1-7(16)12-5-8(17)15-4-2-3-11(6-15)9(18)13-10(19)14-11/h2-6H2,1H3,(H,12,16)(H2,13,14,18,19). The van der Waals surface area contributed by atoms with Gasteiger partial charge in [-0.15, -0.1) is 0 Å². The highest BCUT2D eigenvalue weighted by Crippen LogP contribution is 2.24. The molecule has 2 rings (SSSR count). The molecule has 2 aliphatic heterocycles. The fraction of sp³-hybridized carbons (Fsp3) is 0.636. The molecule has 2 saturated heterocycles. The Bertz CT molecular complexity index is 450. The number of imide groups is 1. The summed E-state index contributed by atoms with van der Waals surface area (Å²) in [6, 6.07) is -0.527. The maximum absolute atomic E-state index is 11.9. The fourth-order valence-electron chi connectivity index (χ4n) is 2.40. The van der Waals surface area contributed by atoms with Crippen LogP contribution in [-0.4, -0.2) is 53.8 Å². The van der Waals surface area contributed by atoms with Crippen molar-refractivity contribution in [1.29, 1.82) is 0 Å². The lowest BCUT2D eigenvalue weighted by Crippen LogP contribution is -2.60. The maximum atomic E-state index is 11.9. The van der Waals surface area contributed by atoms with E-state index in [1.807, 2.05) is 0 Å². The molecule has 0 aromatic rings. The minimum atomic E-state index is -1.01. The molecule has 8 nitrogen and oxygen atoms in total. The van der Waals surface area contributed by atoms with Gasteiger partial charge < -0.3 is 15.5 Å². The second-order valence-electron chi connectivity index (χ2n) is 4.82. The summed E-state index contributed by atoms with van der Waals surface area (Å²) in [5.41, 5.74) is -1.01. The van der Waals surface area contributed by atoms with Gasteiger partial charge in [0.2, 0.25) is 11.8 Å². The van der Waals surface area contributed by atoms with Crippen LogP contribution < -0.4 is 16.0 Å². The Balaban J connectivity index is 2.01. The molecule has 1 unspecified atom stereocenters. The number of nitrogens with zero attached hydrogens (tertiary/aromatic N) is 1. The number of rotatable bonds is 2. The molecule has 2 fully saturated rings. The summed E-state index contributed by atoms with van der Waals surface area (Å²) < 4.78 is 0.